The smallest absolute Gasteiger partial charge is 0.411 e. The number of fused-ring (bicyclic) bond motifs is 1. The lowest BCUT2D eigenvalue weighted by Gasteiger charge is -2.31. The van der Waals surface area contributed by atoms with Crippen LogP contribution in [-0.4, -0.2) is 62.9 Å². The Kier molecular flexibility index (Phi) is 9.04. The number of halogens is 2. The average molecular weight is 639 g/mol. The molecule has 2 saturated heterocycles. The Morgan fingerprint density at radius 1 is 1.25 bits per heavy atom. The number of hydrogen-bond acceptors (Lipinski definition) is 8. The zero-order chi connectivity index (χ0) is 28.4. The van der Waals surface area contributed by atoms with E-state index in [9.17, 15) is 4.79 Å². The van der Waals surface area contributed by atoms with Gasteiger partial charge in [-0.1, -0.05) is 23.7 Å². The van der Waals surface area contributed by atoms with Crippen molar-refractivity contribution in [2.75, 3.05) is 26.4 Å². The van der Waals surface area contributed by atoms with Gasteiger partial charge in [0.15, 0.2) is 12.1 Å². The first-order valence-corrected chi connectivity index (χ1v) is 15.1. The van der Waals surface area contributed by atoms with Gasteiger partial charge >= 0.3 is 6.09 Å². The summed E-state index contributed by atoms with van der Waals surface area (Å²) < 4.78 is 25.9. The van der Waals surface area contributed by atoms with Gasteiger partial charge < -0.3 is 18.7 Å². The second-order valence-electron chi connectivity index (χ2n) is 11.7. The van der Waals surface area contributed by atoms with Crippen LogP contribution in [0.4, 0.5) is 4.79 Å². The van der Waals surface area contributed by atoms with Crippen molar-refractivity contribution in [1.29, 1.82) is 0 Å². The number of nitrogens with zero attached hydrogens (tertiary/aromatic N) is 5. The number of benzene rings is 1. The van der Waals surface area contributed by atoms with Gasteiger partial charge in [0.05, 0.1) is 24.9 Å². The fraction of sp³-hybridized carbons (Fsp3) is 0.643. The Morgan fingerprint density at radius 2 is 2.08 bits per heavy atom. The molecule has 2 aromatic heterocycles. The van der Waals surface area contributed by atoms with Gasteiger partial charge in [-0.2, -0.15) is 10.1 Å². The van der Waals surface area contributed by atoms with Gasteiger partial charge in [-0.05, 0) is 86.4 Å². The monoisotopic (exact) mass is 637 g/mol. The Bertz CT molecular complexity index is 1330. The molecule has 3 atom stereocenters. The van der Waals surface area contributed by atoms with Gasteiger partial charge in [-0.3, -0.25) is 4.90 Å². The summed E-state index contributed by atoms with van der Waals surface area (Å²) in [6.45, 7) is 9.66. The summed E-state index contributed by atoms with van der Waals surface area (Å²) >= 11 is 10.5. The predicted molar refractivity (Wildman–Crippen MR) is 153 cm³/mol. The van der Waals surface area contributed by atoms with Crippen LogP contribution in [0.2, 0.25) is 5.02 Å². The van der Waals surface area contributed by atoms with Crippen molar-refractivity contribution in [3.05, 3.63) is 39.0 Å². The Morgan fingerprint density at radius 3 is 2.83 bits per heavy atom. The van der Waals surface area contributed by atoms with Crippen molar-refractivity contribution in [3.8, 4) is 0 Å². The van der Waals surface area contributed by atoms with Crippen LogP contribution in [0, 0.1) is 5.92 Å². The maximum absolute atomic E-state index is 13.0. The highest BCUT2D eigenvalue weighted by molar-refractivity contribution is 9.10. The maximum atomic E-state index is 13.0. The molecule has 0 bridgehead atoms. The minimum Gasteiger partial charge on any atom is -0.444 e. The van der Waals surface area contributed by atoms with Gasteiger partial charge in [-0.15, -0.1) is 0 Å². The second kappa shape index (κ2) is 12.3. The number of amides is 1. The van der Waals surface area contributed by atoms with Crippen LogP contribution in [-0.2, 0) is 27.1 Å². The highest BCUT2D eigenvalue weighted by atomic mass is 79.9. The lowest BCUT2D eigenvalue weighted by Crippen LogP contribution is -2.42. The second-order valence-corrected chi connectivity index (χ2v) is 12.9. The average Bonchev–Trinajstić information content (AvgIpc) is 3.49. The molecule has 12 heteroatoms. The van der Waals surface area contributed by atoms with Gasteiger partial charge in [0.2, 0.25) is 5.89 Å². The first-order valence-electron chi connectivity index (χ1n) is 14.0. The zero-order valence-electron chi connectivity index (χ0n) is 23.5. The van der Waals surface area contributed by atoms with Gasteiger partial charge in [0, 0.05) is 34.5 Å². The summed E-state index contributed by atoms with van der Waals surface area (Å²) in [4.78, 5) is 19.3. The largest absolute Gasteiger partial charge is 0.444 e. The van der Waals surface area contributed by atoms with Crippen LogP contribution in [0.3, 0.4) is 0 Å². The lowest BCUT2D eigenvalue weighted by atomic mass is 10.1. The molecule has 0 aliphatic carbocycles. The number of aryl methyl sites for hydroxylation is 1. The highest BCUT2D eigenvalue weighted by Gasteiger charge is 2.35. The number of hydrogen-bond donors (Lipinski definition) is 0. The molecule has 0 saturated carbocycles. The fourth-order valence-corrected chi connectivity index (χ4v) is 6.30. The molecule has 2 fully saturated rings. The van der Waals surface area contributed by atoms with E-state index in [0.29, 0.717) is 42.7 Å². The number of ether oxygens (including phenoxy) is 3. The van der Waals surface area contributed by atoms with Crippen molar-refractivity contribution in [3.63, 3.8) is 0 Å². The summed E-state index contributed by atoms with van der Waals surface area (Å²) in [5, 5.41) is 10.5. The third-order valence-electron chi connectivity index (χ3n) is 7.11. The number of aromatic nitrogens is 4. The molecule has 5 rings (SSSR count). The van der Waals surface area contributed by atoms with E-state index in [1.807, 2.05) is 44.6 Å². The maximum Gasteiger partial charge on any atom is 0.411 e. The van der Waals surface area contributed by atoms with Gasteiger partial charge in [-0.25, -0.2) is 9.48 Å². The van der Waals surface area contributed by atoms with Crippen molar-refractivity contribution >= 4 is 44.5 Å². The van der Waals surface area contributed by atoms with E-state index >= 15 is 0 Å². The summed E-state index contributed by atoms with van der Waals surface area (Å²) in [6, 6.07) is 1.50. The van der Waals surface area contributed by atoms with Gasteiger partial charge in [0.1, 0.15) is 11.6 Å². The first kappa shape index (κ1) is 29.3. The molecule has 1 aromatic carbocycles. The standard InChI is InChI=1S/C28H37BrClN5O5/c1-17-14-34(27(36)39-28(2,3)4)22(16-37-15-17)26-32-23(40-33-26)9-7-8-18-20(30)12-21-19(25(18)29)13-31-35(21)24-10-5-6-11-38-24/h12-13,17,22,24H,5-11,14-16H2,1-4H3. The molecule has 3 aromatic rings. The molecular weight excluding hydrogens is 602 g/mol. The quantitative estimate of drug-likeness (QED) is 0.295. The summed E-state index contributed by atoms with van der Waals surface area (Å²) in [6.07, 6.45) is 6.60. The van der Waals surface area contributed by atoms with E-state index in [-0.39, 0.29) is 18.8 Å². The molecule has 40 heavy (non-hydrogen) atoms. The summed E-state index contributed by atoms with van der Waals surface area (Å²) in [7, 11) is 0. The van der Waals surface area contributed by atoms with E-state index in [0.717, 1.165) is 53.2 Å². The third-order valence-corrected chi connectivity index (χ3v) is 8.35. The number of rotatable bonds is 6. The fourth-order valence-electron chi connectivity index (χ4n) is 5.18. The van der Waals surface area contributed by atoms with Crippen molar-refractivity contribution < 1.29 is 23.5 Å². The van der Waals surface area contributed by atoms with E-state index in [4.69, 9.17) is 30.3 Å². The number of carbonyl (C=O) groups excluding carboxylic acids is 1. The molecule has 1 amide bonds. The molecule has 2 aliphatic heterocycles. The topological polar surface area (TPSA) is 105 Å². The van der Waals surface area contributed by atoms with E-state index < -0.39 is 17.7 Å². The van der Waals surface area contributed by atoms with Crippen molar-refractivity contribution in [2.45, 2.75) is 84.1 Å². The third kappa shape index (κ3) is 6.64. The molecule has 10 nitrogen and oxygen atoms in total. The Balaban J connectivity index is 1.26. The molecule has 0 spiro atoms. The van der Waals surface area contributed by atoms with Crippen LogP contribution in [0.25, 0.3) is 10.9 Å². The minimum absolute atomic E-state index is 0.0555. The zero-order valence-corrected chi connectivity index (χ0v) is 25.8. The summed E-state index contributed by atoms with van der Waals surface area (Å²) in [5.74, 6) is 1.09. The molecule has 0 radical (unpaired) electrons. The molecule has 3 unspecified atom stereocenters. The van der Waals surface area contributed by atoms with Crippen LogP contribution in [0.1, 0.15) is 82.9 Å². The molecule has 0 N–H and O–H groups in total. The van der Waals surface area contributed by atoms with Gasteiger partial charge in [0.25, 0.3) is 0 Å². The van der Waals surface area contributed by atoms with Crippen molar-refractivity contribution in [2.24, 2.45) is 5.92 Å². The molecule has 2 aliphatic rings. The SMILES string of the molecule is CC1COCC(c2noc(CCCc3c(Cl)cc4c(cnn4C4CCCCO4)c3Br)n2)N(C(=O)OC(C)(C)C)C1. The summed E-state index contributed by atoms with van der Waals surface area (Å²) in [5.41, 5.74) is 1.37. The van der Waals surface area contributed by atoms with Crippen LogP contribution >= 0.6 is 27.5 Å². The highest BCUT2D eigenvalue weighted by Crippen LogP contribution is 2.37. The Labute approximate surface area is 247 Å². The molecular formula is C28H37BrClN5O5. The minimum atomic E-state index is -0.610. The predicted octanol–water partition coefficient (Wildman–Crippen LogP) is 6.65. The normalized spacial score (nSPS) is 22.4. The van der Waals surface area contributed by atoms with E-state index in [1.54, 1.807) is 4.90 Å². The Hall–Kier alpha value is -2.21. The number of carbonyl (C=O) groups is 1. The van der Waals surface area contributed by atoms with Crippen LogP contribution in [0.15, 0.2) is 21.3 Å². The van der Waals surface area contributed by atoms with Crippen molar-refractivity contribution in [1.82, 2.24) is 24.8 Å². The lowest BCUT2D eigenvalue weighted by molar-refractivity contribution is -0.0366. The van der Waals surface area contributed by atoms with Crippen LogP contribution < -0.4 is 0 Å². The van der Waals surface area contributed by atoms with E-state index in [1.165, 1.54) is 0 Å². The van der Waals surface area contributed by atoms with Crippen LogP contribution in [0.5, 0.6) is 0 Å². The van der Waals surface area contributed by atoms with E-state index in [2.05, 4.69) is 31.2 Å². The first-order chi connectivity index (χ1) is 19.1. The molecule has 218 valence electrons. The molecule has 4 heterocycles.